The van der Waals surface area contributed by atoms with Crippen LogP contribution in [0.5, 0.6) is 0 Å². The van der Waals surface area contributed by atoms with Gasteiger partial charge in [0, 0.05) is 6.42 Å². The van der Waals surface area contributed by atoms with Gasteiger partial charge in [-0.05, 0) is 13.3 Å². The van der Waals surface area contributed by atoms with Crippen molar-refractivity contribution in [2.75, 3.05) is 13.2 Å². The molecule has 94 valence electrons. The Labute approximate surface area is 97.3 Å². The van der Waals surface area contributed by atoms with Crippen molar-refractivity contribution >= 4 is 11.9 Å². The fraction of sp³-hybridized carbons (Fsp3) is 0.833. The molecule has 0 heterocycles. The van der Waals surface area contributed by atoms with Crippen molar-refractivity contribution in [1.29, 1.82) is 0 Å². The van der Waals surface area contributed by atoms with Gasteiger partial charge in [-0.3, -0.25) is 4.79 Å². The Bertz CT molecular complexity index is 201. The lowest BCUT2D eigenvalue weighted by molar-refractivity contribution is -0.158. The van der Waals surface area contributed by atoms with Crippen LogP contribution in [-0.2, 0) is 19.1 Å². The zero-order valence-corrected chi connectivity index (χ0v) is 10.3. The van der Waals surface area contributed by atoms with E-state index in [4.69, 9.17) is 4.74 Å². The van der Waals surface area contributed by atoms with Gasteiger partial charge in [0.05, 0.1) is 6.61 Å². The normalized spacial score (nSPS) is 9.88. The standard InChI is InChI=1S/C12H22O4/c1-3-5-6-7-8-9-11(13)16-10-12(14)15-4-2/h3-10H2,1-2H3. The summed E-state index contributed by atoms with van der Waals surface area (Å²) in [7, 11) is 0. The molecule has 0 aromatic carbocycles. The lowest BCUT2D eigenvalue weighted by atomic mass is 10.1. The molecule has 0 unspecified atom stereocenters. The highest BCUT2D eigenvalue weighted by atomic mass is 16.6. The Morgan fingerprint density at radius 1 is 0.875 bits per heavy atom. The molecule has 0 fully saturated rings. The van der Waals surface area contributed by atoms with E-state index < -0.39 is 5.97 Å². The molecular formula is C12H22O4. The Morgan fingerprint density at radius 2 is 1.56 bits per heavy atom. The monoisotopic (exact) mass is 230 g/mol. The molecule has 0 amide bonds. The van der Waals surface area contributed by atoms with Gasteiger partial charge in [-0.25, -0.2) is 4.79 Å². The van der Waals surface area contributed by atoms with Crippen molar-refractivity contribution < 1.29 is 19.1 Å². The topological polar surface area (TPSA) is 52.6 Å². The first-order chi connectivity index (χ1) is 7.70. The van der Waals surface area contributed by atoms with Crippen LogP contribution in [0.2, 0.25) is 0 Å². The van der Waals surface area contributed by atoms with E-state index in [0.717, 1.165) is 19.3 Å². The van der Waals surface area contributed by atoms with Gasteiger partial charge < -0.3 is 9.47 Å². The van der Waals surface area contributed by atoms with E-state index in [-0.39, 0.29) is 12.6 Å². The van der Waals surface area contributed by atoms with Gasteiger partial charge in [0.25, 0.3) is 0 Å². The number of unbranched alkanes of at least 4 members (excludes halogenated alkanes) is 4. The van der Waals surface area contributed by atoms with E-state index in [1.165, 1.54) is 12.8 Å². The van der Waals surface area contributed by atoms with Crippen LogP contribution in [0.25, 0.3) is 0 Å². The molecule has 0 N–H and O–H groups in total. The first-order valence-electron chi connectivity index (χ1n) is 6.02. The summed E-state index contributed by atoms with van der Waals surface area (Å²) in [5.41, 5.74) is 0. The predicted molar refractivity (Wildman–Crippen MR) is 61.0 cm³/mol. The van der Waals surface area contributed by atoms with Crippen molar-refractivity contribution in [1.82, 2.24) is 0 Å². The molecule has 0 aliphatic heterocycles. The second-order valence-electron chi connectivity index (χ2n) is 3.63. The van der Waals surface area contributed by atoms with Crippen molar-refractivity contribution in [2.45, 2.75) is 52.4 Å². The summed E-state index contributed by atoms with van der Waals surface area (Å²) in [5.74, 6) is -0.800. The van der Waals surface area contributed by atoms with Crippen molar-refractivity contribution in [2.24, 2.45) is 0 Å². The summed E-state index contributed by atoms with van der Waals surface area (Å²) in [6.45, 7) is 3.91. The molecule has 0 atom stereocenters. The molecule has 0 aliphatic carbocycles. The minimum Gasteiger partial charge on any atom is -0.463 e. The first kappa shape index (κ1) is 14.9. The SMILES string of the molecule is CCCCCCCC(=O)OCC(=O)OCC. The van der Waals surface area contributed by atoms with E-state index in [9.17, 15) is 9.59 Å². The lowest BCUT2D eigenvalue weighted by Crippen LogP contribution is -2.16. The molecule has 0 rings (SSSR count). The fourth-order valence-corrected chi connectivity index (χ4v) is 1.29. The summed E-state index contributed by atoms with van der Waals surface area (Å²) in [6, 6.07) is 0. The summed E-state index contributed by atoms with van der Waals surface area (Å²) in [4.78, 5) is 22.0. The number of carbonyl (C=O) groups excluding carboxylic acids is 2. The van der Waals surface area contributed by atoms with Gasteiger partial charge in [0.1, 0.15) is 0 Å². The number of hydrogen-bond donors (Lipinski definition) is 0. The summed E-state index contributed by atoms with van der Waals surface area (Å²) in [6.07, 6.45) is 5.82. The van der Waals surface area contributed by atoms with Gasteiger partial charge >= 0.3 is 11.9 Å². The zero-order chi connectivity index (χ0) is 12.2. The third kappa shape index (κ3) is 9.49. The maximum absolute atomic E-state index is 11.2. The van der Waals surface area contributed by atoms with Crippen molar-refractivity contribution in [3.8, 4) is 0 Å². The minimum absolute atomic E-state index is 0.262. The van der Waals surface area contributed by atoms with E-state index >= 15 is 0 Å². The fourth-order valence-electron chi connectivity index (χ4n) is 1.29. The molecule has 16 heavy (non-hydrogen) atoms. The number of rotatable bonds is 9. The zero-order valence-electron chi connectivity index (χ0n) is 10.3. The first-order valence-corrected chi connectivity index (χ1v) is 6.02. The van der Waals surface area contributed by atoms with Crippen LogP contribution in [0.4, 0.5) is 0 Å². The maximum Gasteiger partial charge on any atom is 0.344 e. The van der Waals surface area contributed by atoms with E-state index in [1.54, 1.807) is 6.92 Å². The minimum atomic E-state index is -0.484. The number of carbonyl (C=O) groups is 2. The smallest absolute Gasteiger partial charge is 0.344 e. The van der Waals surface area contributed by atoms with E-state index in [0.29, 0.717) is 13.0 Å². The van der Waals surface area contributed by atoms with Gasteiger partial charge in [0.15, 0.2) is 6.61 Å². The highest BCUT2D eigenvalue weighted by Crippen LogP contribution is 2.05. The molecule has 4 heteroatoms. The molecule has 0 aromatic rings. The lowest BCUT2D eigenvalue weighted by Gasteiger charge is -2.04. The quantitative estimate of drug-likeness (QED) is 0.451. The van der Waals surface area contributed by atoms with Crippen LogP contribution in [0.1, 0.15) is 52.4 Å². The third-order valence-corrected chi connectivity index (χ3v) is 2.14. The Balaban J connectivity index is 3.34. The number of hydrogen-bond acceptors (Lipinski definition) is 4. The van der Waals surface area contributed by atoms with Crippen LogP contribution in [0.15, 0.2) is 0 Å². The summed E-state index contributed by atoms with van der Waals surface area (Å²) >= 11 is 0. The van der Waals surface area contributed by atoms with Gasteiger partial charge in [-0.2, -0.15) is 0 Å². The summed E-state index contributed by atoms with van der Waals surface area (Å²) in [5, 5.41) is 0. The Kier molecular flexibility index (Phi) is 9.76. The molecular weight excluding hydrogens is 208 g/mol. The highest BCUT2D eigenvalue weighted by molar-refractivity contribution is 5.76. The molecule has 0 saturated carbocycles. The average Bonchev–Trinajstić information content (AvgIpc) is 2.26. The van der Waals surface area contributed by atoms with Gasteiger partial charge in [-0.15, -0.1) is 0 Å². The Morgan fingerprint density at radius 3 is 2.19 bits per heavy atom. The van der Waals surface area contributed by atoms with E-state index in [2.05, 4.69) is 11.7 Å². The Hall–Kier alpha value is -1.06. The van der Waals surface area contributed by atoms with Crippen LogP contribution in [0.3, 0.4) is 0 Å². The van der Waals surface area contributed by atoms with Crippen LogP contribution in [-0.4, -0.2) is 25.2 Å². The molecule has 4 nitrogen and oxygen atoms in total. The number of ether oxygens (including phenoxy) is 2. The van der Waals surface area contributed by atoms with Crippen molar-refractivity contribution in [3.63, 3.8) is 0 Å². The summed E-state index contributed by atoms with van der Waals surface area (Å²) < 4.78 is 9.38. The van der Waals surface area contributed by atoms with Crippen LogP contribution < -0.4 is 0 Å². The molecule has 0 bridgehead atoms. The van der Waals surface area contributed by atoms with Crippen LogP contribution in [0, 0.1) is 0 Å². The van der Waals surface area contributed by atoms with Crippen LogP contribution >= 0.6 is 0 Å². The largest absolute Gasteiger partial charge is 0.463 e. The van der Waals surface area contributed by atoms with Gasteiger partial charge in [-0.1, -0.05) is 32.6 Å². The van der Waals surface area contributed by atoms with E-state index in [1.807, 2.05) is 0 Å². The maximum atomic E-state index is 11.2. The molecule has 0 radical (unpaired) electrons. The number of esters is 2. The van der Waals surface area contributed by atoms with Crippen molar-refractivity contribution in [3.05, 3.63) is 0 Å². The molecule has 0 saturated heterocycles. The second-order valence-corrected chi connectivity index (χ2v) is 3.63. The average molecular weight is 230 g/mol. The predicted octanol–water partition coefficient (Wildman–Crippen LogP) is 2.45. The van der Waals surface area contributed by atoms with Gasteiger partial charge in [0.2, 0.25) is 0 Å². The third-order valence-electron chi connectivity index (χ3n) is 2.14. The second kappa shape index (κ2) is 10.5. The molecule has 0 spiro atoms. The molecule has 0 aliphatic rings. The molecule has 0 aromatic heterocycles. The highest BCUT2D eigenvalue weighted by Gasteiger charge is 2.07.